The predicted octanol–water partition coefficient (Wildman–Crippen LogP) is 5.05. The van der Waals surface area contributed by atoms with Crippen molar-refractivity contribution in [3.63, 3.8) is 0 Å². The average Bonchev–Trinajstić information content (AvgIpc) is 2.77. The first-order valence-electron chi connectivity index (χ1n) is 10.5. The lowest BCUT2D eigenvalue weighted by Crippen LogP contribution is -2.45. The van der Waals surface area contributed by atoms with Crippen LogP contribution in [0.5, 0.6) is 0 Å². The van der Waals surface area contributed by atoms with Gasteiger partial charge in [-0.3, -0.25) is 9.69 Å². The summed E-state index contributed by atoms with van der Waals surface area (Å²) < 4.78 is 55.3. The summed E-state index contributed by atoms with van der Waals surface area (Å²) in [6.07, 6.45) is 0. The van der Waals surface area contributed by atoms with Crippen molar-refractivity contribution in [3.8, 4) is 0 Å². The highest BCUT2D eigenvalue weighted by atomic mass is 19.1. The summed E-state index contributed by atoms with van der Waals surface area (Å²) in [5.74, 6) is -4.36. The van der Waals surface area contributed by atoms with Crippen LogP contribution in [0, 0.1) is 30.2 Å². The van der Waals surface area contributed by atoms with Crippen molar-refractivity contribution >= 4 is 17.6 Å². The number of fused-ring (bicyclic) bond motifs is 1. The Morgan fingerprint density at radius 1 is 0.971 bits per heavy atom. The second kappa shape index (κ2) is 9.17. The van der Waals surface area contributed by atoms with Crippen molar-refractivity contribution in [2.24, 2.45) is 0 Å². The molecule has 0 bridgehead atoms. The molecule has 0 radical (unpaired) electrons. The Balaban J connectivity index is 1.62. The maximum Gasteiger partial charge on any atom is 0.324 e. The molecule has 0 unspecified atom stereocenters. The first-order valence-corrected chi connectivity index (χ1v) is 10.5. The first kappa shape index (κ1) is 23.3. The number of nitrogens with zero attached hydrogens (tertiary/aromatic N) is 2. The lowest BCUT2D eigenvalue weighted by molar-refractivity contribution is 0.0950. The van der Waals surface area contributed by atoms with Crippen molar-refractivity contribution in [1.82, 2.24) is 10.2 Å². The van der Waals surface area contributed by atoms with Gasteiger partial charge in [-0.1, -0.05) is 18.2 Å². The highest BCUT2D eigenvalue weighted by Crippen LogP contribution is 2.31. The Hall–Kier alpha value is -3.88. The van der Waals surface area contributed by atoms with E-state index >= 15 is 0 Å². The summed E-state index contributed by atoms with van der Waals surface area (Å²) in [6, 6.07) is 10.1. The second-order valence-corrected chi connectivity index (χ2v) is 8.13. The van der Waals surface area contributed by atoms with E-state index in [1.54, 1.807) is 32.2 Å². The number of hydrogen-bond acceptors (Lipinski definition) is 2. The van der Waals surface area contributed by atoms with Crippen LogP contribution >= 0.6 is 0 Å². The zero-order chi connectivity index (χ0) is 24.6. The molecular weight excluding hydrogens is 450 g/mol. The van der Waals surface area contributed by atoms with Crippen LogP contribution in [0.2, 0.25) is 0 Å². The number of halogens is 4. The van der Waals surface area contributed by atoms with E-state index in [4.69, 9.17) is 0 Å². The van der Waals surface area contributed by atoms with Crippen LogP contribution in [0.15, 0.2) is 48.5 Å². The molecule has 176 valence electrons. The van der Waals surface area contributed by atoms with E-state index in [0.29, 0.717) is 35.5 Å². The number of carbonyl (C=O) groups excluding carboxylic acids is 2. The summed E-state index contributed by atoms with van der Waals surface area (Å²) in [6.45, 7) is 1.52. The average molecular weight is 471 g/mol. The number of aryl methyl sites for hydroxylation is 1. The fourth-order valence-electron chi connectivity index (χ4n) is 3.91. The van der Waals surface area contributed by atoms with Gasteiger partial charge in [0.2, 0.25) is 0 Å². The normalized spacial score (nSPS) is 13.2. The quantitative estimate of drug-likeness (QED) is 0.530. The number of urea groups is 1. The van der Waals surface area contributed by atoms with Crippen molar-refractivity contribution in [2.75, 3.05) is 11.9 Å². The number of anilines is 1. The molecule has 34 heavy (non-hydrogen) atoms. The molecule has 1 aliphatic rings. The Kier molecular flexibility index (Phi) is 6.28. The fraction of sp³-hybridized carbons (Fsp3) is 0.200. The van der Waals surface area contributed by atoms with Crippen LogP contribution in [0.4, 0.5) is 28.0 Å². The molecule has 3 aromatic rings. The van der Waals surface area contributed by atoms with Gasteiger partial charge in [0.1, 0.15) is 23.3 Å². The minimum absolute atomic E-state index is 0.0360. The number of carbonyl (C=O) groups is 2. The minimum atomic E-state index is -1.11. The monoisotopic (exact) mass is 471 g/mol. The Labute approximate surface area is 193 Å². The Morgan fingerprint density at radius 3 is 2.35 bits per heavy atom. The van der Waals surface area contributed by atoms with Gasteiger partial charge in [-0.05, 0) is 36.2 Å². The minimum Gasteiger partial charge on any atom is -0.348 e. The van der Waals surface area contributed by atoms with Gasteiger partial charge >= 0.3 is 6.03 Å². The number of rotatable bonds is 5. The number of amides is 3. The molecule has 0 atom stereocenters. The van der Waals surface area contributed by atoms with Crippen molar-refractivity contribution in [1.29, 1.82) is 0 Å². The molecular formula is C25H21F4N3O2. The van der Waals surface area contributed by atoms with E-state index in [0.717, 1.165) is 5.56 Å². The number of nitrogens with one attached hydrogen (secondary N) is 1. The van der Waals surface area contributed by atoms with Gasteiger partial charge in [-0.2, -0.15) is 0 Å². The zero-order valence-corrected chi connectivity index (χ0v) is 18.5. The van der Waals surface area contributed by atoms with Gasteiger partial charge < -0.3 is 10.2 Å². The molecule has 0 saturated heterocycles. The molecule has 0 spiro atoms. The third-order valence-electron chi connectivity index (χ3n) is 5.80. The fourth-order valence-corrected chi connectivity index (χ4v) is 3.91. The van der Waals surface area contributed by atoms with Gasteiger partial charge in [-0.15, -0.1) is 0 Å². The summed E-state index contributed by atoms with van der Waals surface area (Å²) >= 11 is 0. The van der Waals surface area contributed by atoms with Gasteiger partial charge in [0.15, 0.2) is 0 Å². The molecule has 1 N–H and O–H groups in total. The van der Waals surface area contributed by atoms with E-state index in [2.05, 4.69) is 5.32 Å². The number of benzene rings is 3. The SMILES string of the molecule is Cc1cccc(F)c1CN1C(=O)N(C)Cc2ccc(C(=O)NCc3c(F)cc(F)cc3F)cc21. The summed E-state index contributed by atoms with van der Waals surface area (Å²) in [7, 11) is 1.62. The number of hydrogen-bond donors (Lipinski definition) is 1. The zero-order valence-electron chi connectivity index (χ0n) is 18.5. The van der Waals surface area contributed by atoms with Gasteiger partial charge in [0, 0.05) is 49.0 Å². The molecule has 3 aromatic carbocycles. The molecule has 0 saturated carbocycles. The highest BCUT2D eigenvalue weighted by Gasteiger charge is 2.30. The molecule has 0 aliphatic carbocycles. The van der Waals surface area contributed by atoms with Crippen molar-refractivity contribution in [3.05, 3.63) is 99.6 Å². The van der Waals surface area contributed by atoms with Gasteiger partial charge in [0.05, 0.1) is 12.2 Å². The standard InChI is InChI=1S/C25H21F4N3O2/c1-14-4-3-5-20(27)19(14)13-32-23-8-15(6-7-16(23)12-31(2)25(32)34)24(33)30-11-18-21(28)9-17(26)10-22(18)29/h3-10H,11-13H2,1-2H3,(H,30,33). The van der Waals surface area contributed by atoms with Crippen molar-refractivity contribution in [2.45, 2.75) is 26.6 Å². The molecule has 0 fully saturated rings. The maximum absolute atomic E-state index is 14.5. The lowest BCUT2D eigenvalue weighted by atomic mass is 10.0. The van der Waals surface area contributed by atoms with E-state index in [1.807, 2.05) is 0 Å². The van der Waals surface area contributed by atoms with Crippen LogP contribution < -0.4 is 10.2 Å². The Bertz CT molecular complexity index is 1250. The Morgan fingerprint density at radius 2 is 1.68 bits per heavy atom. The largest absolute Gasteiger partial charge is 0.348 e. The smallest absolute Gasteiger partial charge is 0.324 e. The highest BCUT2D eigenvalue weighted by molar-refractivity contribution is 5.99. The first-order chi connectivity index (χ1) is 16.2. The molecule has 9 heteroatoms. The van der Waals surface area contributed by atoms with E-state index < -0.39 is 41.3 Å². The molecule has 0 aromatic heterocycles. The van der Waals surface area contributed by atoms with Crippen LogP contribution in [0.25, 0.3) is 0 Å². The molecule has 4 rings (SSSR count). The van der Waals surface area contributed by atoms with Gasteiger partial charge in [0.25, 0.3) is 5.91 Å². The van der Waals surface area contributed by atoms with Crippen LogP contribution in [-0.4, -0.2) is 23.9 Å². The molecule has 3 amide bonds. The molecule has 5 nitrogen and oxygen atoms in total. The van der Waals surface area contributed by atoms with E-state index in [9.17, 15) is 27.2 Å². The predicted molar refractivity (Wildman–Crippen MR) is 118 cm³/mol. The van der Waals surface area contributed by atoms with E-state index in [1.165, 1.54) is 28.0 Å². The topological polar surface area (TPSA) is 52.7 Å². The van der Waals surface area contributed by atoms with Crippen molar-refractivity contribution < 1.29 is 27.2 Å². The van der Waals surface area contributed by atoms with Crippen LogP contribution in [-0.2, 0) is 19.6 Å². The lowest BCUT2D eigenvalue weighted by Gasteiger charge is -2.35. The van der Waals surface area contributed by atoms with Crippen LogP contribution in [0.1, 0.15) is 32.6 Å². The maximum atomic E-state index is 14.5. The summed E-state index contributed by atoms with van der Waals surface area (Å²) in [5, 5.41) is 2.41. The second-order valence-electron chi connectivity index (χ2n) is 8.13. The summed E-state index contributed by atoms with van der Waals surface area (Å²) in [5.41, 5.74) is 1.91. The van der Waals surface area contributed by atoms with Gasteiger partial charge in [-0.25, -0.2) is 22.4 Å². The summed E-state index contributed by atoms with van der Waals surface area (Å²) in [4.78, 5) is 28.5. The van der Waals surface area contributed by atoms with E-state index in [-0.39, 0.29) is 18.1 Å². The molecule has 1 heterocycles. The third kappa shape index (κ3) is 4.46. The molecule has 1 aliphatic heterocycles. The van der Waals surface area contributed by atoms with Crippen LogP contribution in [0.3, 0.4) is 0 Å². The third-order valence-corrected chi connectivity index (χ3v) is 5.80.